The lowest BCUT2D eigenvalue weighted by atomic mass is 9.87. The van der Waals surface area contributed by atoms with Gasteiger partial charge in [0.05, 0.1) is 23.3 Å². The zero-order valence-electron chi connectivity index (χ0n) is 13.2. The number of hydrogen-bond acceptors (Lipinski definition) is 5. The molecule has 0 aromatic carbocycles. The van der Waals surface area contributed by atoms with Gasteiger partial charge in [-0.2, -0.15) is 0 Å². The molecule has 1 fully saturated rings. The third kappa shape index (κ3) is 3.59. The molecule has 0 aliphatic heterocycles. The van der Waals surface area contributed by atoms with E-state index >= 15 is 0 Å². The van der Waals surface area contributed by atoms with Gasteiger partial charge < -0.3 is 16.0 Å². The lowest BCUT2D eigenvalue weighted by Crippen LogP contribution is -2.32. The van der Waals surface area contributed by atoms with Crippen molar-refractivity contribution in [2.75, 3.05) is 23.9 Å². The second-order valence-corrected chi connectivity index (χ2v) is 8.15. The molecule has 0 atom stereocenters. The molecule has 2 aromatic rings. The van der Waals surface area contributed by atoms with E-state index in [1.54, 1.807) is 6.20 Å². The van der Waals surface area contributed by atoms with Gasteiger partial charge in [-0.05, 0) is 44.7 Å². The first-order valence-corrected chi connectivity index (χ1v) is 9.53. The van der Waals surface area contributed by atoms with E-state index in [-0.39, 0.29) is 11.7 Å². The van der Waals surface area contributed by atoms with Crippen molar-refractivity contribution in [3.05, 3.63) is 18.5 Å². The van der Waals surface area contributed by atoms with E-state index in [9.17, 15) is 8.42 Å². The Bertz CT molecular complexity index is 778. The number of nitrogen functional groups attached to an aromatic ring is 1. The maximum Gasteiger partial charge on any atom is 0.211 e. The second-order valence-electron chi connectivity index (χ2n) is 6.18. The van der Waals surface area contributed by atoms with Crippen molar-refractivity contribution in [1.29, 1.82) is 0 Å². The summed E-state index contributed by atoms with van der Waals surface area (Å²) in [5.41, 5.74) is 8.44. The number of nitrogens with two attached hydrogens (primary N) is 1. The average Bonchev–Trinajstić information content (AvgIpc) is 3.00. The number of nitrogens with zero attached hydrogens (tertiary/aromatic N) is 1. The van der Waals surface area contributed by atoms with Crippen molar-refractivity contribution >= 4 is 32.4 Å². The number of H-pyrrole nitrogens is 1. The van der Waals surface area contributed by atoms with Crippen molar-refractivity contribution in [3.8, 4) is 0 Å². The topological polar surface area (TPSA) is 113 Å². The molecule has 0 unspecified atom stereocenters. The minimum atomic E-state index is -3.13. The molecule has 8 heteroatoms. The van der Waals surface area contributed by atoms with Gasteiger partial charge >= 0.3 is 0 Å². The van der Waals surface area contributed by atoms with E-state index in [1.807, 2.05) is 12.3 Å². The van der Waals surface area contributed by atoms with Crippen LogP contribution in [0.15, 0.2) is 18.5 Å². The third-order valence-electron chi connectivity index (χ3n) is 4.58. The Labute approximate surface area is 136 Å². The Balaban J connectivity index is 1.64. The van der Waals surface area contributed by atoms with Crippen molar-refractivity contribution in [3.63, 3.8) is 0 Å². The summed E-state index contributed by atoms with van der Waals surface area (Å²) in [4.78, 5) is 7.35. The number of anilines is 2. The highest BCUT2D eigenvalue weighted by Gasteiger charge is 2.25. The van der Waals surface area contributed by atoms with Crippen molar-refractivity contribution in [1.82, 2.24) is 14.7 Å². The van der Waals surface area contributed by atoms with Crippen LogP contribution in [0.2, 0.25) is 0 Å². The molecule has 0 amide bonds. The molecule has 1 aliphatic carbocycles. The van der Waals surface area contributed by atoms with Gasteiger partial charge in [0.25, 0.3) is 0 Å². The first-order valence-electron chi connectivity index (χ1n) is 7.88. The molecule has 0 saturated heterocycles. The predicted octanol–water partition coefficient (Wildman–Crippen LogP) is 1.66. The highest BCUT2D eigenvalue weighted by molar-refractivity contribution is 7.89. The molecular weight excluding hydrogens is 314 g/mol. The van der Waals surface area contributed by atoms with Crippen LogP contribution in [0.1, 0.15) is 25.7 Å². The first-order chi connectivity index (χ1) is 11.0. The fraction of sp³-hybridized carbons (Fsp3) is 0.533. The van der Waals surface area contributed by atoms with Gasteiger partial charge in [-0.3, -0.25) is 0 Å². The zero-order chi connectivity index (χ0) is 16.4. The molecule has 3 rings (SSSR count). The summed E-state index contributed by atoms with van der Waals surface area (Å²) in [7, 11) is -1.66. The predicted molar refractivity (Wildman–Crippen MR) is 92.7 cm³/mol. The standard InChI is InChI=1S/C15H23N5O2S/c1-17-23(21,22)9-10-2-4-11(5-3-10)20-14-12-6-7-18-15(12)19-8-13(14)16/h6-8,10-11,17H,2-5,9,16H2,1H3,(H2,18,19,20). The number of fused-ring (bicyclic) bond motifs is 1. The third-order valence-corrected chi connectivity index (χ3v) is 6.11. The van der Waals surface area contributed by atoms with Gasteiger partial charge in [-0.15, -0.1) is 0 Å². The van der Waals surface area contributed by atoms with Crippen LogP contribution < -0.4 is 15.8 Å². The normalized spacial score (nSPS) is 22.3. The summed E-state index contributed by atoms with van der Waals surface area (Å²) in [5, 5.41) is 4.52. The van der Waals surface area contributed by atoms with E-state index < -0.39 is 10.0 Å². The number of aromatic nitrogens is 2. The summed E-state index contributed by atoms with van der Waals surface area (Å²) in [5.74, 6) is 0.447. The van der Waals surface area contributed by atoms with Crippen LogP contribution in [-0.2, 0) is 10.0 Å². The minimum Gasteiger partial charge on any atom is -0.396 e. The Hall–Kier alpha value is -1.80. The summed E-state index contributed by atoms with van der Waals surface area (Å²) in [6.45, 7) is 0. The molecule has 2 aromatic heterocycles. The largest absolute Gasteiger partial charge is 0.396 e. The lowest BCUT2D eigenvalue weighted by Gasteiger charge is -2.30. The van der Waals surface area contributed by atoms with Crippen LogP contribution >= 0.6 is 0 Å². The Morgan fingerprint density at radius 2 is 2.09 bits per heavy atom. The smallest absolute Gasteiger partial charge is 0.211 e. The van der Waals surface area contributed by atoms with Gasteiger partial charge in [-0.25, -0.2) is 18.1 Å². The van der Waals surface area contributed by atoms with Gasteiger partial charge in [-0.1, -0.05) is 0 Å². The van der Waals surface area contributed by atoms with E-state index in [0.717, 1.165) is 42.4 Å². The van der Waals surface area contributed by atoms with E-state index in [0.29, 0.717) is 11.7 Å². The van der Waals surface area contributed by atoms with Gasteiger partial charge in [0.2, 0.25) is 10.0 Å². The van der Waals surface area contributed by atoms with Crippen LogP contribution in [0.25, 0.3) is 11.0 Å². The Morgan fingerprint density at radius 1 is 1.35 bits per heavy atom. The van der Waals surface area contributed by atoms with E-state index in [4.69, 9.17) is 5.73 Å². The molecule has 23 heavy (non-hydrogen) atoms. The van der Waals surface area contributed by atoms with Crippen LogP contribution in [0, 0.1) is 5.92 Å². The number of nitrogens with one attached hydrogen (secondary N) is 3. The number of pyridine rings is 1. The van der Waals surface area contributed by atoms with Crippen LogP contribution in [-0.4, -0.2) is 37.2 Å². The van der Waals surface area contributed by atoms with Crippen LogP contribution in [0.4, 0.5) is 11.4 Å². The molecule has 5 N–H and O–H groups in total. The van der Waals surface area contributed by atoms with E-state index in [2.05, 4.69) is 20.0 Å². The Morgan fingerprint density at radius 3 is 2.78 bits per heavy atom. The average molecular weight is 337 g/mol. The minimum absolute atomic E-state index is 0.218. The highest BCUT2D eigenvalue weighted by Crippen LogP contribution is 2.32. The molecule has 7 nitrogen and oxygen atoms in total. The maximum atomic E-state index is 11.6. The maximum absolute atomic E-state index is 11.6. The van der Waals surface area contributed by atoms with Gasteiger partial charge in [0, 0.05) is 17.6 Å². The van der Waals surface area contributed by atoms with Crippen LogP contribution in [0.3, 0.4) is 0 Å². The summed E-state index contributed by atoms with van der Waals surface area (Å²) >= 11 is 0. The molecule has 2 heterocycles. The summed E-state index contributed by atoms with van der Waals surface area (Å²) in [6.07, 6.45) is 7.20. The van der Waals surface area contributed by atoms with E-state index in [1.165, 1.54) is 7.05 Å². The fourth-order valence-corrected chi connectivity index (χ4v) is 4.38. The Kier molecular flexibility index (Phi) is 4.45. The molecule has 126 valence electrons. The fourth-order valence-electron chi connectivity index (χ4n) is 3.26. The molecule has 1 saturated carbocycles. The molecule has 0 radical (unpaired) electrons. The van der Waals surface area contributed by atoms with Crippen molar-refractivity contribution < 1.29 is 8.42 Å². The number of aromatic amines is 1. The second kappa shape index (κ2) is 6.37. The van der Waals surface area contributed by atoms with Gasteiger partial charge in [0.15, 0.2) is 0 Å². The highest BCUT2D eigenvalue weighted by atomic mass is 32.2. The summed E-state index contributed by atoms with van der Waals surface area (Å²) < 4.78 is 25.7. The number of sulfonamides is 1. The quantitative estimate of drug-likeness (QED) is 0.663. The molecule has 0 bridgehead atoms. The summed E-state index contributed by atoms with van der Waals surface area (Å²) in [6, 6.07) is 2.28. The van der Waals surface area contributed by atoms with Crippen molar-refractivity contribution in [2.24, 2.45) is 5.92 Å². The zero-order valence-corrected chi connectivity index (χ0v) is 14.0. The van der Waals surface area contributed by atoms with Crippen LogP contribution in [0.5, 0.6) is 0 Å². The molecule has 1 aliphatic rings. The monoisotopic (exact) mass is 337 g/mol. The molecular formula is C15H23N5O2S. The lowest BCUT2D eigenvalue weighted by molar-refractivity contribution is 0.361. The first kappa shape index (κ1) is 16.1. The van der Waals surface area contributed by atoms with Crippen molar-refractivity contribution in [2.45, 2.75) is 31.7 Å². The number of rotatable bonds is 5. The van der Waals surface area contributed by atoms with Gasteiger partial charge in [0.1, 0.15) is 5.65 Å². The number of hydrogen-bond donors (Lipinski definition) is 4. The SMILES string of the molecule is CNS(=O)(=O)CC1CCC(Nc2c(N)cnc3[nH]ccc23)CC1. The molecule has 0 spiro atoms.